The van der Waals surface area contributed by atoms with Crippen molar-refractivity contribution in [3.63, 3.8) is 0 Å². The molecular weight excluding hydrogens is 212 g/mol. The zero-order chi connectivity index (χ0) is 10.8. The molecule has 5 nitrogen and oxygen atoms in total. The van der Waals surface area contributed by atoms with Gasteiger partial charge in [0.1, 0.15) is 0 Å². The maximum absolute atomic E-state index is 10.9. The van der Waals surface area contributed by atoms with Crippen molar-refractivity contribution in [2.24, 2.45) is 5.73 Å². The van der Waals surface area contributed by atoms with Gasteiger partial charge in [-0.1, -0.05) is 17.8 Å². The molecule has 2 rings (SSSR count). The topological polar surface area (TPSA) is 73.3 Å². The predicted molar refractivity (Wildman–Crippen MR) is 57.5 cm³/mol. The number of rotatable bonds is 3. The Morgan fingerprint density at radius 3 is 3.07 bits per heavy atom. The summed E-state index contributed by atoms with van der Waals surface area (Å²) >= 11 is 1.30. The predicted octanol–water partition coefficient (Wildman–Crippen LogP) is 0.695. The van der Waals surface area contributed by atoms with Gasteiger partial charge in [0, 0.05) is 6.20 Å². The molecule has 0 spiro atoms. The maximum atomic E-state index is 10.9. The monoisotopic (exact) mass is 222 g/mol. The first kappa shape index (κ1) is 9.97. The van der Waals surface area contributed by atoms with Crippen LogP contribution in [-0.2, 0) is 4.79 Å². The lowest BCUT2D eigenvalue weighted by Crippen LogP contribution is -2.22. The second kappa shape index (κ2) is 3.90. The Balaban J connectivity index is 2.32. The molecule has 78 valence electrons. The van der Waals surface area contributed by atoms with Crippen molar-refractivity contribution in [1.82, 2.24) is 14.6 Å². The molecule has 0 saturated heterocycles. The van der Waals surface area contributed by atoms with Crippen LogP contribution in [0.15, 0.2) is 29.6 Å². The normalized spacial score (nSPS) is 12.9. The van der Waals surface area contributed by atoms with Crippen LogP contribution in [0.2, 0.25) is 0 Å². The number of thioether (sulfide) groups is 1. The minimum absolute atomic E-state index is 0.308. The van der Waals surface area contributed by atoms with E-state index in [9.17, 15) is 4.79 Å². The van der Waals surface area contributed by atoms with Gasteiger partial charge in [0.2, 0.25) is 5.91 Å². The van der Waals surface area contributed by atoms with Crippen molar-refractivity contribution in [2.75, 3.05) is 0 Å². The summed E-state index contributed by atoms with van der Waals surface area (Å²) in [6.07, 6.45) is 1.85. The smallest absolute Gasteiger partial charge is 0.230 e. The molecule has 6 heteroatoms. The summed E-state index contributed by atoms with van der Waals surface area (Å²) in [5, 5.41) is 8.33. The number of primary amides is 1. The molecule has 2 N–H and O–H groups in total. The van der Waals surface area contributed by atoms with Crippen molar-refractivity contribution in [3.8, 4) is 0 Å². The third-order valence-electron chi connectivity index (χ3n) is 1.97. The third-order valence-corrected chi connectivity index (χ3v) is 3.04. The highest BCUT2D eigenvalue weighted by Crippen LogP contribution is 2.21. The highest BCUT2D eigenvalue weighted by atomic mass is 32.2. The van der Waals surface area contributed by atoms with E-state index in [2.05, 4.69) is 10.2 Å². The molecule has 0 fully saturated rings. The molecular formula is C9H10N4OS. The number of hydrogen-bond acceptors (Lipinski definition) is 4. The average Bonchev–Trinajstić information content (AvgIpc) is 2.62. The number of carbonyl (C=O) groups excluding carboxylic acids is 1. The lowest BCUT2D eigenvalue weighted by atomic mass is 10.5. The van der Waals surface area contributed by atoms with Gasteiger partial charge in [-0.15, -0.1) is 10.2 Å². The van der Waals surface area contributed by atoms with E-state index in [4.69, 9.17) is 5.73 Å². The van der Waals surface area contributed by atoms with Gasteiger partial charge >= 0.3 is 0 Å². The molecule has 0 unspecified atom stereocenters. The van der Waals surface area contributed by atoms with Crippen LogP contribution in [0.3, 0.4) is 0 Å². The molecule has 1 atom stereocenters. The first-order valence-electron chi connectivity index (χ1n) is 4.44. The van der Waals surface area contributed by atoms with Crippen molar-refractivity contribution in [2.45, 2.75) is 17.3 Å². The van der Waals surface area contributed by atoms with Crippen molar-refractivity contribution in [3.05, 3.63) is 24.4 Å². The van der Waals surface area contributed by atoms with Crippen molar-refractivity contribution < 1.29 is 4.79 Å². The van der Waals surface area contributed by atoms with E-state index >= 15 is 0 Å². The molecule has 0 aliphatic heterocycles. The number of amides is 1. The fourth-order valence-electron chi connectivity index (χ4n) is 1.12. The molecule has 2 aromatic rings. The number of carbonyl (C=O) groups is 1. The van der Waals surface area contributed by atoms with Crippen LogP contribution < -0.4 is 5.73 Å². The number of aromatic nitrogens is 3. The second-order valence-electron chi connectivity index (χ2n) is 3.07. The van der Waals surface area contributed by atoms with Crippen LogP contribution in [0, 0.1) is 0 Å². The quantitative estimate of drug-likeness (QED) is 0.776. The molecule has 0 aliphatic rings. The van der Waals surface area contributed by atoms with E-state index in [1.165, 1.54) is 11.8 Å². The summed E-state index contributed by atoms with van der Waals surface area (Å²) in [7, 11) is 0. The Kier molecular flexibility index (Phi) is 2.59. The fraction of sp³-hybridized carbons (Fsp3) is 0.222. The van der Waals surface area contributed by atoms with Crippen LogP contribution in [0.5, 0.6) is 0 Å². The number of pyridine rings is 1. The third kappa shape index (κ3) is 1.94. The van der Waals surface area contributed by atoms with Crippen molar-refractivity contribution in [1.29, 1.82) is 0 Å². The minimum atomic E-state index is -0.354. The van der Waals surface area contributed by atoms with E-state index in [0.29, 0.717) is 5.16 Å². The largest absolute Gasteiger partial charge is 0.369 e. The Bertz CT molecular complexity index is 496. The van der Waals surface area contributed by atoms with E-state index in [0.717, 1.165) is 5.65 Å². The molecule has 1 amide bonds. The Morgan fingerprint density at radius 2 is 2.33 bits per heavy atom. The van der Waals surface area contributed by atoms with Gasteiger partial charge in [0.25, 0.3) is 0 Å². The van der Waals surface area contributed by atoms with Gasteiger partial charge in [0.05, 0.1) is 5.25 Å². The van der Waals surface area contributed by atoms with Gasteiger partial charge < -0.3 is 5.73 Å². The molecule has 0 aromatic carbocycles. The molecule has 2 aromatic heterocycles. The highest BCUT2D eigenvalue weighted by Gasteiger charge is 2.14. The number of fused-ring (bicyclic) bond motifs is 1. The summed E-state index contributed by atoms with van der Waals surface area (Å²) < 4.78 is 1.82. The number of hydrogen-bond donors (Lipinski definition) is 1. The average molecular weight is 222 g/mol. The molecule has 0 radical (unpaired) electrons. The first-order valence-corrected chi connectivity index (χ1v) is 5.32. The standard InChI is InChI=1S/C9H10N4OS/c1-6(8(10)14)15-9-12-11-7-4-2-3-5-13(7)9/h2-6H,1H3,(H2,10,14)/t6-/m0/s1. The van der Waals surface area contributed by atoms with Gasteiger partial charge in [0.15, 0.2) is 10.8 Å². The van der Waals surface area contributed by atoms with E-state index in [1.54, 1.807) is 6.92 Å². The molecule has 15 heavy (non-hydrogen) atoms. The Labute approximate surface area is 90.7 Å². The zero-order valence-corrected chi connectivity index (χ0v) is 8.94. The number of nitrogens with zero attached hydrogens (tertiary/aromatic N) is 3. The van der Waals surface area contributed by atoms with Crippen LogP contribution in [0.1, 0.15) is 6.92 Å². The Hall–Kier alpha value is -1.56. The summed E-state index contributed by atoms with van der Waals surface area (Å²) in [6.45, 7) is 1.75. The van der Waals surface area contributed by atoms with Crippen molar-refractivity contribution >= 4 is 23.3 Å². The molecule has 2 heterocycles. The van der Waals surface area contributed by atoms with E-state index < -0.39 is 0 Å². The molecule has 0 saturated carbocycles. The summed E-state index contributed by atoms with van der Waals surface area (Å²) in [5.41, 5.74) is 5.94. The minimum Gasteiger partial charge on any atom is -0.369 e. The highest BCUT2D eigenvalue weighted by molar-refractivity contribution is 8.00. The van der Waals surface area contributed by atoms with E-state index in [1.807, 2.05) is 28.8 Å². The summed E-state index contributed by atoms with van der Waals surface area (Å²) in [4.78, 5) is 10.9. The van der Waals surface area contributed by atoms with Crippen LogP contribution in [-0.4, -0.2) is 25.8 Å². The molecule has 0 aliphatic carbocycles. The van der Waals surface area contributed by atoms with Gasteiger partial charge in [-0.2, -0.15) is 0 Å². The van der Waals surface area contributed by atoms with Crippen LogP contribution in [0.4, 0.5) is 0 Å². The lowest BCUT2D eigenvalue weighted by Gasteiger charge is -2.04. The lowest BCUT2D eigenvalue weighted by molar-refractivity contribution is -0.117. The van der Waals surface area contributed by atoms with Gasteiger partial charge in [-0.3, -0.25) is 9.20 Å². The number of nitrogens with two attached hydrogens (primary N) is 1. The van der Waals surface area contributed by atoms with Gasteiger partial charge in [-0.25, -0.2) is 0 Å². The SMILES string of the molecule is C[C@H](Sc1nnc2ccccn12)C(N)=O. The first-order chi connectivity index (χ1) is 7.18. The second-order valence-corrected chi connectivity index (χ2v) is 4.38. The Morgan fingerprint density at radius 1 is 1.53 bits per heavy atom. The zero-order valence-electron chi connectivity index (χ0n) is 8.12. The van der Waals surface area contributed by atoms with E-state index in [-0.39, 0.29) is 11.2 Å². The summed E-state index contributed by atoms with van der Waals surface area (Å²) in [6, 6.07) is 5.62. The molecule has 0 bridgehead atoms. The summed E-state index contributed by atoms with van der Waals surface area (Å²) in [5.74, 6) is -0.354. The maximum Gasteiger partial charge on any atom is 0.230 e. The fourth-order valence-corrected chi connectivity index (χ4v) is 1.90. The van der Waals surface area contributed by atoms with Gasteiger partial charge in [-0.05, 0) is 19.1 Å². The van der Waals surface area contributed by atoms with Crippen LogP contribution in [0.25, 0.3) is 5.65 Å². The van der Waals surface area contributed by atoms with Crippen LogP contribution >= 0.6 is 11.8 Å².